The fourth-order valence-electron chi connectivity index (χ4n) is 2.63. The molecule has 7 heteroatoms. The van der Waals surface area contributed by atoms with Crippen LogP contribution in [0.4, 0.5) is 5.82 Å². The maximum absolute atomic E-state index is 4.25. The molecule has 2 aromatic heterocycles. The molecule has 108 valence electrons. The largest absolute Gasteiger partial charge is 0.351 e. The van der Waals surface area contributed by atoms with Crippen molar-refractivity contribution < 1.29 is 0 Å². The van der Waals surface area contributed by atoms with E-state index in [1.807, 2.05) is 6.20 Å². The van der Waals surface area contributed by atoms with Crippen molar-refractivity contribution in [2.24, 2.45) is 0 Å². The van der Waals surface area contributed by atoms with E-state index in [9.17, 15) is 0 Å². The summed E-state index contributed by atoms with van der Waals surface area (Å²) in [5.41, 5.74) is 0.824. The maximum Gasteiger partial charge on any atom is 0.199 e. The molecule has 0 radical (unpaired) electrons. The highest BCUT2D eigenvalue weighted by Crippen LogP contribution is 2.24. The first-order valence-corrected chi connectivity index (χ1v) is 7.08. The van der Waals surface area contributed by atoms with Crippen molar-refractivity contribution in [3.63, 3.8) is 0 Å². The van der Waals surface area contributed by atoms with Gasteiger partial charge in [-0.05, 0) is 44.0 Å². The molecule has 0 bridgehead atoms. The van der Waals surface area contributed by atoms with Crippen LogP contribution in [0.25, 0.3) is 5.65 Å². The highest BCUT2D eigenvalue weighted by atomic mass is 15.5. The Bertz CT molecular complexity index is 586. The molecule has 0 aromatic carbocycles. The van der Waals surface area contributed by atoms with Crippen LogP contribution >= 0.6 is 0 Å². The average molecular weight is 275 g/mol. The van der Waals surface area contributed by atoms with Crippen LogP contribution in [0, 0.1) is 0 Å². The van der Waals surface area contributed by atoms with Gasteiger partial charge in [0.05, 0.1) is 12.4 Å². The quantitative estimate of drug-likeness (QED) is 0.896. The lowest BCUT2D eigenvalue weighted by atomic mass is 10.1. The topological polar surface area (TPSA) is 71.2 Å². The molecule has 1 unspecified atom stereocenters. The number of rotatable bonds is 3. The second-order valence-electron chi connectivity index (χ2n) is 6.33. The highest BCUT2D eigenvalue weighted by Gasteiger charge is 2.28. The second-order valence-corrected chi connectivity index (χ2v) is 6.33. The summed E-state index contributed by atoms with van der Waals surface area (Å²) in [5.74, 6) is 0.978. The van der Waals surface area contributed by atoms with Crippen LogP contribution in [0.2, 0.25) is 0 Å². The van der Waals surface area contributed by atoms with Crippen molar-refractivity contribution in [3.8, 4) is 0 Å². The SMILES string of the molecule is CC(C)(C)NCC1CCCN1c1cncc2nnnn12. The van der Waals surface area contributed by atoms with Gasteiger partial charge in [-0.15, -0.1) is 5.10 Å². The van der Waals surface area contributed by atoms with Gasteiger partial charge in [0.2, 0.25) is 0 Å². The van der Waals surface area contributed by atoms with E-state index in [4.69, 9.17) is 0 Å². The van der Waals surface area contributed by atoms with Crippen LogP contribution < -0.4 is 10.2 Å². The van der Waals surface area contributed by atoms with Gasteiger partial charge in [-0.3, -0.25) is 4.98 Å². The Hall–Kier alpha value is -1.76. The van der Waals surface area contributed by atoms with Crippen molar-refractivity contribution in [1.29, 1.82) is 0 Å². The third-order valence-corrected chi connectivity index (χ3v) is 3.63. The summed E-state index contributed by atoms with van der Waals surface area (Å²) in [4.78, 5) is 6.60. The molecule has 0 amide bonds. The van der Waals surface area contributed by atoms with Crippen LogP contribution in [-0.2, 0) is 0 Å². The second kappa shape index (κ2) is 4.97. The summed E-state index contributed by atoms with van der Waals surface area (Å²) in [7, 11) is 0. The minimum Gasteiger partial charge on any atom is -0.351 e. The van der Waals surface area contributed by atoms with Crippen molar-refractivity contribution in [2.75, 3.05) is 18.0 Å². The van der Waals surface area contributed by atoms with Gasteiger partial charge in [-0.1, -0.05) is 0 Å². The molecule has 0 saturated carbocycles. The third kappa shape index (κ3) is 2.58. The van der Waals surface area contributed by atoms with Crippen LogP contribution in [0.3, 0.4) is 0 Å². The Morgan fingerprint density at radius 2 is 2.20 bits per heavy atom. The van der Waals surface area contributed by atoms with Crippen molar-refractivity contribution in [2.45, 2.75) is 45.2 Å². The average Bonchev–Trinajstić information content (AvgIpc) is 3.03. The predicted molar refractivity (Wildman–Crippen MR) is 76.7 cm³/mol. The summed E-state index contributed by atoms with van der Waals surface area (Å²) >= 11 is 0. The van der Waals surface area contributed by atoms with E-state index in [1.165, 1.54) is 12.8 Å². The Morgan fingerprint density at radius 1 is 1.35 bits per heavy atom. The third-order valence-electron chi connectivity index (χ3n) is 3.63. The molecule has 1 saturated heterocycles. The van der Waals surface area contributed by atoms with E-state index in [0.717, 1.165) is 18.9 Å². The highest BCUT2D eigenvalue weighted by molar-refractivity contribution is 5.47. The van der Waals surface area contributed by atoms with Crippen LogP contribution in [0.1, 0.15) is 33.6 Å². The first kappa shape index (κ1) is 13.2. The Balaban J connectivity index is 1.83. The fraction of sp³-hybridized carbons (Fsp3) is 0.692. The maximum atomic E-state index is 4.25. The molecule has 0 aliphatic carbocycles. The molecule has 0 spiro atoms. The Kier molecular flexibility index (Phi) is 3.29. The van der Waals surface area contributed by atoms with Crippen LogP contribution in [-0.4, -0.2) is 49.7 Å². The molecule has 1 N–H and O–H groups in total. The molecule has 1 fully saturated rings. The number of fused-ring (bicyclic) bond motifs is 1. The molecule has 1 atom stereocenters. The van der Waals surface area contributed by atoms with Gasteiger partial charge in [0.15, 0.2) is 11.5 Å². The summed E-state index contributed by atoms with van der Waals surface area (Å²) in [6.07, 6.45) is 5.90. The van der Waals surface area contributed by atoms with E-state index in [0.29, 0.717) is 11.7 Å². The van der Waals surface area contributed by atoms with E-state index < -0.39 is 0 Å². The van der Waals surface area contributed by atoms with Crippen molar-refractivity contribution in [1.82, 2.24) is 30.3 Å². The molecule has 2 aromatic rings. The summed E-state index contributed by atoms with van der Waals surface area (Å²) in [6.45, 7) is 8.56. The van der Waals surface area contributed by atoms with Crippen molar-refractivity contribution >= 4 is 11.5 Å². The molecular weight excluding hydrogens is 254 g/mol. The van der Waals surface area contributed by atoms with Gasteiger partial charge in [-0.25, -0.2) is 0 Å². The first-order valence-electron chi connectivity index (χ1n) is 7.08. The zero-order chi connectivity index (χ0) is 14.2. The minimum atomic E-state index is 0.132. The van der Waals surface area contributed by atoms with E-state index in [1.54, 1.807) is 10.7 Å². The van der Waals surface area contributed by atoms with Gasteiger partial charge < -0.3 is 10.2 Å². The smallest absolute Gasteiger partial charge is 0.199 e. The summed E-state index contributed by atoms with van der Waals surface area (Å²) in [6, 6.07) is 0.464. The van der Waals surface area contributed by atoms with Crippen LogP contribution in [0.5, 0.6) is 0 Å². The zero-order valence-electron chi connectivity index (χ0n) is 12.2. The number of tetrazole rings is 1. The molecule has 1 aliphatic rings. The minimum absolute atomic E-state index is 0.132. The lowest BCUT2D eigenvalue weighted by Gasteiger charge is -2.30. The Morgan fingerprint density at radius 3 is 3.00 bits per heavy atom. The first-order chi connectivity index (χ1) is 9.54. The van der Waals surface area contributed by atoms with Crippen molar-refractivity contribution in [3.05, 3.63) is 12.4 Å². The number of aromatic nitrogens is 5. The number of hydrogen-bond acceptors (Lipinski definition) is 6. The van der Waals surface area contributed by atoms with E-state index >= 15 is 0 Å². The van der Waals surface area contributed by atoms with Gasteiger partial charge in [0.25, 0.3) is 0 Å². The van der Waals surface area contributed by atoms with Crippen LogP contribution in [0.15, 0.2) is 12.4 Å². The van der Waals surface area contributed by atoms with Gasteiger partial charge in [0.1, 0.15) is 0 Å². The lowest BCUT2D eigenvalue weighted by molar-refractivity contribution is 0.404. The molecule has 7 nitrogen and oxygen atoms in total. The molecule has 20 heavy (non-hydrogen) atoms. The van der Waals surface area contributed by atoms with E-state index in [2.05, 4.69) is 51.5 Å². The molecular formula is C13H21N7. The normalized spacial score (nSPS) is 19.9. The monoisotopic (exact) mass is 275 g/mol. The zero-order valence-corrected chi connectivity index (χ0v) is 12.2. The van der Waals surface area contributed by atoms with Gasteiger partial charge in [0, 0.05) is 24.7 Å². The van der Waals surface area contributed by atoms with E-state index in [-0.39, 0.29) is 5.54 Å². The molecule has 3 rings (SSSR count). The number of anilines is 1. The lowest BCUT2D eigenvalue weighted by Crippen LogP contribution is -2.45. The van der Waals surface area contributed by atoms with Gasteiger partial charge >= 0.3 is 0 Å². The molecule has 1 aliphatic heterocycles. The number of hydrogen-bond donors (Lipinski definition) is 1. The molecule has 3 heterocycles. The standard InChI is InChI=1S/C13H21N7/c1-13(2,3)15-7-10-5-4-6-19(10)12-9-14-8-11-16-17-18-20(11)12/h8-10,15H,4-7H2,1-3H3. The number of nitrogens with zero attached hydrogens (tertiary/aromatic N) is 6. The van der Waals surface area contributed by atoms with Gasteiger partial charge in [-0.2, -0.15) is 4.52 Å². The predicted octanol–water partition coefficient (Wildman–Crippen LogP) is 0.876. The summed E-state index contributed by atoms with van der Waals surface area (Å²) < 4.78 is 1.77. The summed E-state index contributed by atoms with van der Waals surface area (Å²) in [5, 5.41) is 15.3. The number of nitrogens with one attached hydrogen (secondary N) is 1. The fourth-order valence-corrected chi connectivity index (χ4v) is 2.63. The Labute approximate surface area is 118 Å².